The number of nitrogens with one attached hydrogen (secondary N) is 2. The molecule has 2 amide bonds. The van der Waals surface area contributed by atoms with Crippen LogP contribution in [0.1, 0.15) is 6.92 Å². The minimum absolute atomic E-state index is 0.00776. The highest BCUT2D eigenvalue weighted by molar-refractivity contribution is 6.03. The molecule has 0 aromatic heterocycles. The first kappa shape index (κ1) is 21.0. The van der Waals surface area contributed by atoms with Gasteiger partial charge in [0.25, 0.3) is 0 Å². The topological polar surface area (TPSA) is 64.7 Å². The van der Waals surface area contributed by atoms with Gasteiger partial charge in [-0.05, 0) is 30.5 Å². The Morgan fingerprint density at radius 3 is 2.29 bits per heavy atom. The lowest BCUT2D eigenvalue weighted by Gasteiger charge is -2.37. The third-order valence-corrected chi connectivity index (χ3v) is 5.81. The van der Waals surface area contributed by atoms with Gasteiger partial charge in [0.2, 0.25) is 11.8 Å². The van der Waals surface area contributed by atoms with Gasteiger partial charge in [0.05, 0.1) is 12.6 Å². The van der Waals surface area contributed by atoms with E-state index < -0.39 is 0 Å². The number of benzene rings is 3. The van der Waals surface area contributed by atoms with Crippen molar-refractivity contribution in [2.24, 2.45) is 0 Å². The highest BCUT2D eigenvalue weighted by Crippen LogP contribution is 2.23. The van der Waals surface area contributed by atoms with Crippen molar-refractivity contribution in [3.63, 3.8) is 0 Å². The van der Waals surface area contributed by atoms with E-state index in [1.807, 2.05) is 79.7 Å². The van der Waals surface area contributed by atoms with E-state index in [0.717, 1.165) is 48.3 Å². The zero-order chi connectivity index (χ0) is 21.6. The molecular formula is C25H28N4O2. The van der Waals surface area contributed by atoms with Crippen molar-refractivity contribution in [3.8, 4) is 0 Å². The van der Waals surface area contributed by atoms with Crippen LogP contribution in [0, 0.1) is 0 Å². The van der Waals surface area contributed by atoms with E-state index >= 15 is 0 Å². The van der Waals surface area contributed by atoms with Crippen LogP contribution in [0.2, 0.25) is 0 Å². The van der Waals surface area contributed by atoms with Gasteiger partial charge in [0.15, 0.2) is 0 Å². The zero-order valence-corrected chi connectivity index (χ0v) is 17.8. The molecule has 1 heterocycles. The van der Waals surface area contributed by atoms with Crippen LogP contribution in [0.5, 0.6) is 0 Å². The Morgan fingerprint density at radius 2 is 1.52 bits per heavy atom. The summed E-state index contributed by atoms with van der Waals surface area (Å²) >= 11 is 0. The average molecular weight is 417 g/mol. The standard InChI is InChI=1S/C25H28N4O2/c1-19(25(31)27-23-13-7-9-20-8-5-6-12-22(20)23)29-16-14-28(15-17-29)18-24(30)26-21-10-3-2-4-11-21/h2-13,19H,14-18H2,1H3,(H,26,30)(H,27,31). The van der Waals surface area contributed by atoms with E-state index in [4.69, 9.17) is 0 Å². The maximum atomic E-state index is 12.9. The Balaban J connectivity index is 1.28. The molecule has 1 fully saturated rings. The summed E-state index contributed by atoms with van der Waals surface area (Å²) < 4.78 is 0. The molecule has 160 valence electrons. The smallest absolute Gasteiger partial charge is 0.241 e. The molecule has 1 aliphatic rings. The van der Waals surface area contributed by atoms with E-state index in [1.54, 1.807) is 0 Å². The first-order valence-corrected chi connectivity index (χ1v) is 10.7. The molecule has 1 unspecified atom stereocenters. The normalized spacial score (nSPS) is 16.0. The molecule has 0 aliphatic carbocycles. The van der Waals surface area contributed by atoms with Crippen LogP contribution in [-0.2, 0) is 9.59 Å². The molecule has 2 N–H and O–H groups in total. The molecule has 1 aliphatic heterocycles. The number of rotatable bonds is 6. The molecule has 0 saturated carbocycles. The van der Waals surface area contributed by atoms with Crippen LogP contribution in [0.25, 0.3) is 10.8 Å². The second-order valence-corrected chi connectivity index (χ2v) is 7.92. The maximum Gasteiger partial charge on any atom is 0.241 e. The van der Waals surface area contributed by atoms with E-state index in [-0.39, 0.29) is 17.9 Å². The molecule has 1 atom stereocenters. The highest BCUT2D eigenvalue weighted by Gasteiger charge is 2.26. The number of amides is 2. The monoisotopic (exact) mass is 416 g/mol. The van der Waals surface area contributed by atoms with Gasteiger partial charge in [-0.2, -0.15) is 0 Å². The van der Waals surface area contributed by atoms with Crippen molar-refractivity contribution < 1.29 is 9.59 Å². The number of anilines is 2. The molecular weight excluding hydrogens is 388 g/mol. The van der Waals surface area contributed by atoms with E-state index in [2.05, 4.69) is 20.4 Å². The second kappa shape index (κ2) is 9.73. The SMILES string of the molecule is CC(C(=O)Nc1cccc2ccccc12)N1CCN(CC(=O)Nc2ccccc2)CC1. The highest BCUT2D eigenvalue weighted by atomic mass is 16.2. The number of nitrogens with zero attached hydrogens (tertiary/aromatic N) is 2. The summed E-state index contributed by atoms with van der Waals surface area (Å²) in [6, 6.07) is 23.2. The zero-order valence-electron chi connectivity index (χ0n) is 17.8. The number of piperazine rings is 1. The van der Waals surface area contributed by atoms with Gasteiger partial charge in [-0.15, -0.1) is 0 Å². The average Bonchev–Trinajstić information content (AvgIpc) is 2.80. The summed E-state index contributed by atoms with van der Waals surface area (Å²) in [7, 11) is 0. The van der Waals surface area contributed by atoms with Crippen LogP contribution < -0.4 is 10.6 Å². The first-order chi connectivity index (χ1) is 15.1. The van der Waals surface area contributed by atoms with Crippen molar-refractivity contribution in [2.45, 2.75) is 13.0 Å². The predicted molar refractivity (Wildman–Crippen MR) is 125 cm³/mol. The van der Waals surface area contributed by atoms with Gasteiger partial charge in [0, 0.05) is 42.9 Å². The maximum absolute atomic E-state index is 12.9. The fourth-order valence-corrected chi connectivity index (χ4v) is 3.97. The summed E-state index contributed by atoms with van der Waals surface area (Å²) in [6.07, 6.45) is 0. The van der Waals surface area contributed by atoms with E-state index in [9.17, 15) is 9.59 Å². The quantitative estimate of drug-likeness (QED) is 0.646. The molecule has 1 saturated heterocycles. The minimum atomic E-state index is -0.237. The predicted octanol–water partition coefficient (Wildman–Crippen LogP) is 3.42. The summed E-state index contributed by atoms with van der Waals surface area (Å²) in [4.78, 5) is 29.5. The fourth-order valence-electron chi connectivity index (χ4n) is 3.97. The van der Waals surface area contributed by atoms with Crippen molar-refractivity contribution in [2.75, 3.05) is 43.4 Å². The van der Waals surface area contributed by atoms with Crippen molar-refractivity contribution >= 4 is 34.0 Å². The molecule has 31 heavy (non-hydrogen) atoms. The number of para-hydroxylation sites is 1. The number of carbonyl (C=O) groups excluding carboxylic acids is 2. The number of hydrogen-bond donors (Lipinski definition) is 2. The Morgan fingerprint density at radius 1 is 0.839 bits per heavy atom. The Bertz CT molecular complexity index is 1040. The third kappa shape index (κ3) is 5.29. The third-order valence-electron chi connectivity index (χ3n) is 5.81. The van der Waals surface area contributed by atoms with Crippen LogP contribution in [0.3, 0.4) is 0 Å². The number of carbonyl (C=O) groups is 2. The van der Waals surface area contributed by atoms with Crippen molar-refractivity contribution in [1.29, 1.82) is 0 Å². The number of hydrogen-bond acceptors (Lipinski definition) is 4. The number of fused-ring (bicyclic) bond motifs is 1. The molecule has 3 aromatic rings. The van der Waals surface area contributed by atoms with Gasteiger partial charge in [-0.3, -0.25) is 19.4 Å². The van der Waals surface area contributed by atoms with E-state index in [1.165, 1.54) is 0 Å². The van der Waals surface area contributed by atoms with Gasteiger partial charge in [-0.1, -0.05) is 54.6 Å². The van der Waals surface area contributed by atoms with Gasteiger partial charge in [0.1, 0.15) is 0 Å². The van der Waals surface area contributed by atoms with Crippen LogP contribution in [0.15, 0.2) is 72.8 Å². The molecule has 6 heteroatoms. The van der Waals surface area contributed by atoms with Crippen LogP contribution >= 0.6 is 0 Å². The Hall–Kier alpha value is -3.22. The summed E-state index contributed by atoms with van der Waals surface area (Å²) in [5.41, 5.74) is 1.65. The molecule has 3 aromatic carbocycles. The first-order valence-electron chi connectivity index (χ1n) is 10.7. The van der Waals surface area contributed by atoms with Gasteiger partial charge in [-0.25, -0.2) is 0 Å². The lowest BCUT2D eigenvalue weighted by molar-refractivity contribution is -0.122. The molecule has 0 bridgehead atoms. The summed E-state index contributed by atoms with van der Waals surface area (Å²) in [5, 5.41) is 8.17. The fraction of sp³-hybridized carbons (Fsp3) is 0.280. The van der Waals surface area contributed by atoms with Gasteiger partial charge < -0.3 is 10.6 Å². The van der Waals surface area contributed by atoms with Crippen LogP contribution in [0.4, 0.5) is 11.4 Å². The minimum Gasteiger partial charge on any atom is -0.325 e. The lowest BCUT2D eigenvalue weighted by Crippen LogP contribution is -2.53. The van der Waals surface area contributed by atoms with Gasteiger partial charge >= 0.3 is 0 Å². The molecule has 6 nitrogen and oxygen atoms in total. The van der Waals surface area contributed by atoms with Crippen molar-refractivity contribution in [1.82, 2.24) is 9.80 Å². The van der Waals surface area contributed by atoms with Crippen LogP contribution in [-0.4, -0.2) is 60.4 Å². The van der Waals surface area contributed by atoms with E-state index in [0.29, 0.717) is 6.54 Å². The Labute approximate surface area is 182 Å². The molecule has 0 spiro atoms. The molecule has 4 rings (SSSR count). The lowest BCUT2D eigenvalue weighted by atomic mass is 10.1. The molecule has 0 radical (unpaired) electrons. The van der Waals surface area contributed by atoms with Crippen molar-refractivity contribution in [3.05, 3.63) is 72.8 Å². The Kier molecular flexibility index (Phi) is 6.60. The summed E-state index contributed by atoms with van der Waals surface area (Å²) in [5.74, 6) is -0.0204. The summed E-state index contributed by atoms with van der Waals surface area (Å²) in [6.45, 7) is 5.32. The second-order valence-electron chi connectivity index (χ2n) is 7.92. The largest absolute Gasteiger partial charge is 0.325 e.